The van der Waals surface area contributed by atoms with Gasteiger partial charge in [-0.05, 0) is 30.5 Å². The lowest BCUT2D eigenvalue weighted by Gasteiger charge is -2.23. The van der Waals surface area contributed by atoms with Crippen molar-refractivity contribution in [2.24, 2.45) is 0 Å². The topological polar surface area (TPSA) is 63.5 Å². The van der Waals surface area contributed by atoms with Gasteiger partial charge in [-0.15, -0.1) is 11.3 Å². The van der Waals surface area contributed by atoms with E-state index in [0.29, 0.717) is 17.9 Å². The van der Waals surface area contributed by atoms with Crippen LogP contribution in [0.5, 0.6) is 0 Å². The van der Waals surface area contributed by atoms with Crippen molar-refractivity contribution >= 4 is 17.2 Å². The first-order chi connectivity index (χ1) is 10.0. The van der Waals surface area contributed by atoms with Crippen LogP contribution in [-0.4, -0.2) is 41.4 Å². The van der Waals surface area contributed by atoms with Crippen molar-refractivity contribution in [2.75, 3.05) is 20.3 Å². The van der Waals surface area contributed by atoms with Crippen LogP contribution in [0.3, 0.4) is 0 Å². The molecule has 0 radical (unpaired) electrons. The predicted molar refractivity (Wildman–Crippen MR) is 83.1 cm³/mol. The molecule has 21 heavy (non-hydrogen) atoms. The van der Waals surface area contributed by atoms with Crippen LogP contribution in [0, 0.1) is 0 Å². The lowest BCUT2D eigenvalue weighted by molar-refractivity contribution is 0.0244. The monoisotopic (exact) mass is 308 g/mol. The minimum absolute atomic E-state index is 0.175. The zero-order valence-corrected chi connectivity index (χ0v) is 13.0. The number of hydrogen-bond donors (Lipinski definition) is 2. The van der Waals surface area contributed by atoms with Crippen LogP contribution < -0.4 is 5.32 Å². The molecule has 0 bridgehead atoms. The molecule has 114 valence electrons. The Hall–Kier alpha value is -1.63. The third kappa shape index (κ3) is 4.17. The van der Waals surface area contributed by atoms with Crippen molar-refractivity contribution < 1.29 is 14.6 Å². The number of amides is 1. The predicted octanol–water partition coefficient (Wildman–Crippen LogP) is 2.06. The number of aromatic nitrogens is 1. The highest BCUT2D eigenvalue weighted by molar-refractivity contribution is 7.12. The number of rotatable bonds is 7. The normalized spacial score (nSPS) is 13.9. The SMILES string of the molecule is COCCC(C)(O)CNC(=O)c1sccc1-n1cccc1. The number of methoxy groups -OCH3 is 1. The molecule has 6 heteroatoms. The van der Waals surface area contributed by atoms with Crippen molar-refractivity contribution in [2.45, 2.75) is 18.9 Å². The first kappa shape index (κ1) is 15.8. The van der Waals surface area contributed by atoms with Crippen LogP contribution in [0.15, 0.2) is 36.0 Å². The Morgan fingerprint density at radius 1 is 1.48 bits per heavy atom. The Labute approximate surface area is 128 Å². The molecule has 1 unspecified atom stereocenters. The molecular weight excluding hydrogens is 288 g/mol. The first-order valence-electron chi connectivity index (χ1n) is 6.74. The lowest BCUT2D eigenvalue weighted by Crippen LogP contribution is -2.41. The number of thiophene rings is 1. The number of nitrogens with zero attached hydrogens (tertiary/aromatic N) is 1. The van der Waals surface area contributed by atoms with Crippen molar-refractivity contribution in [3.05, 3.63) is 40.8 Å². The van der Waals surface area contributed by atoms with E-state index in [-0.39, 0.29) is 12.5 Å². The van der Waals surface area contributed by atoms with Crippen LogP contribution in [0.4, 0.5) is 0 Å². The van der Waals surface area contributed by atoms with Gasteiger partial charge in [-0.3, -0.25) is 4.79 Å². The van der Waals surface area contributed by atoms with Crippen LogP contribution in [0.2, 0.25) is 0 Å². The Balaban J connectivity index is 2.00. The smallest absolute Gasteiger partial charge is 0.263 e. The number of aliphatic hydroxyl groups is 1. The van der Waals surface area contributed by atoms with E-state index in [1.165, 1.54) is 11.3 Å². The second-order valence-corrected chi connectivity index (χ2v) is 6.06. The molecular formula is C15H20N2O3S. The van der Waals surface area contributed by atoms with Gasteiger partial charge >= 0.3 is 0 Å². The van der Waals surface area contributed by atoms with Crippen molar-refractivity contribution in [3.63, 3.8) is 0 Å². The molecule has 2 aromatic heterocycles. The van der Waals surface area contributed by atoms with Gasteiger partial charge in [0.05, 0.1) is 11.3 Å². The van der Waals surface area contributed by atoms with Gasteiger partial charge < -0.3 is 19.7 Å². The Morgan fingerprint density at radius 2 is 2.19 bits per heavy atom. The minimum Gasteiger partial charge on any atom is -0.388 e. The zero-order chi connectivity index (χ0) is 15.3. The highest BCUT2D eigenvalue weighted by Gasteiger charge is 2.22. The summed E-state index contributed by atoms with van der Waals surface area (Å²) in [6.07, 6.45) is 4.26. The van der Waals surface area contributed by atoms with Gasteiger partial charge in [0.2, 0.25) is 0 Å². The van der Waals surface area contributed by atoms with Gasteiger partial charge in [-0.2, -0.15) is 0 Å². The molecule has 0 spiro atoms. The molecule has 0 aliphatic carbocycles. The van der Waals surface area contributed by atoms with Crippen molar-refractivity contribution in [1.82, 2.24) is 9.88 Å². The van der Waals surface area contributed by atoms with E-state index in [1.54, 1.807) is 14.0 Å². The zero-order valence-electron chi connectivity index (χ0n) is 12.2. The third-order valence-corrected chi connectivity index (χ3v) is 4.11. The van der Waals surface area contributed by atoms with E-state index >= 15 is 0 Å². The standard InChI is InChI=1S/C15H20N2O3S/c1-15(19,6-9-20-2)11-16-14(18)13-12(5-10-21-13)17-7-3-4-8-17/h3-5,7-8,10,19H,6,9,11H2,1-2H3,(H,16,18). The Kier molecular flexibility index (Phi) is 5.17. The highest BCUT2D eigenvalue weighted by atomic mass is 32.1. The average Bonchev–Trinajstić information content (AvgIpc) is 3.12. The molecule has 0 aromatic carbocycles. The van der Waals surface area contributed by atoms with E-state index in [0.717, 1.165) is 5.69 Å². The van der Waals surface area contributed by atoms with E-state index < -0.39 is 5.60 Å². The van der Waals surface area contributed by atoms with Crippen LogP contribution in [0.25, 0.3) is 5.69 Å². The summed E-state index contributed by atoms with van der Waals surface area (Å²) >= 11 is 1.39. The Bertz CT molecular complexity index is 576. The second kappa shape index (κ2) is 6.89. The quantitative estimate of drug-likeness (QED) is 0.823. The summed E-state index contributed by atoms with van der Waals surface area (Å²) in [7, 11) is 1.59. The number of nitrogens with one attached hydrogen (secondary N) is 1. The second-order valence-electron chi connectivity index (χ2n) is 5.15. The van der Waals surface area contributed by atoms with E-state index in [1.807, 2.05) is 40.5 Å². The maximum Gasteiger partial charge on any atom is 0.263 e. The number of carbonyl (C=O) groups is 1. The number of ether oxygens (including phenoxy) is 1. The summed E-state index contributed by atoms with van der Waals surface area (Å²) in [5.41, 5.74) is -0.129. The van der Waals surface area contributed by atoms with Gasteiger partial charge in [0, 0.05) is 39.1 Å². The van der Waals surface area contributed by atoms with Gasteiger partial charge in [0.25, 0.3) is 5.91 Å². The maximum absolute atomic E-state index is 12.3. The molecule has 0 aliphatic heterocycles. The summed E-state index contributed by atoms with van der Waals surface area (Å²) in [5.74, 6) is -0.175. The highest BCUT2D eigenvalue weighted by Crippen LogP contribution is 2.21. The number of carbonyl (C=O) groups excluding carboxylic acids is 1. The molecule has 5 nitrogen and oxygen atoms in total. The van der Waals surface area contributed by atoms with E-state index in [2.05, 4.69) is 5.32 Å². The molecule has 0 aliphatic rings. The molecule has 1 atom stereocenters. The van der Waals surface area contributed by atoms with E-state index in [9.17, 15) is 9.90 Å². The molecule has 1 amide bonds. The molecule has 0 saturated heterocycles. The fourth-order valence-corrected chi connectivity index (χ4v) is 2.74. The molecule has 2 aromatic rings. The van der Waals surface area contributed by atoms with Crippen LogP contribution in [-0.2, 0) is 4.74 Å². The molecule has 0 saturated carbocycles. The first-order valence-corrected chi connectivity index (χ1v) is 7.62. The van der Waals surface area contributed by atoms with Gasteiger partial charge in [0.1, 0.15) is 4.88 Å². The molecule has 2 heterocycles. The van der Waals surface area contributed by atoms with Crippen molar-refractivity contribution in [1.29, 1.82) is 0 Å². The fraction of sp³-hybridized carbons (Fsp3) is 0.400. The van der Waals surface area contributed by atoms with Gasteiger partial charge in [-0.1, -0.05) is 0 Å². The molecule has 2 N–H and O–H groups in total. The third-order valence-electron chi connectivity index (χ3n) is 3.21. The van der Waals surface area contributed by atoms with Crippen LogP contribution in [0.1, 0.15) is 23.0 Å². The van der Waals surface area contributed by atoms with E-state index in [4.69, 9.17) is 4.74 Å². The van der Waals surface area contributed by atoms with Gasteiger partial charge in [0.15, 0.2) is 0 Å². The van der Waals surface area contributed by atoms with Gasteiger partial charge in [-0.25, -0.2) is 0 Å². The van der Waals surface area contributed by atoms with Crippen molar-refractivity contribution in [3.8, 4) is 5.69 Å². The maximum atomic E-state index is 12.3. The number of hydrogen-bond acceptors (Lipinski definition) is 4. The summed E-state index contributed by atoms with van der Waals surface area (Å²) in [6, 6.07) is 5.73. The fourth-order valence-electron chi connectivity index (χ4n) is 1.93. The summed E-state index contributed by atoms with van der Waals surface area (Å²) in [5, 5.41) is 14.8. The summed E-state index contributed by atoms with van der Waals surface area (Å²) < 4.78 is 6.85. The van der Waals surface area contributed by atoms with Crippen LogP contribution >= 0.6 is 11.3 Å². The minimum atomic E-state index is -0.976. The average molecular weight is 308 g/mol. The Morgan fingerprint density at radius 3 is 2.86 bits per heavy atom. The summed E-state index contributed by atoms with van der Waals surface area (Å²) in [6.45, 7) is 2.34. The molecule has 0 fully saturated rings. The molecule has 2 rings (SSSR count). The lowest BCUT2D eigenvalue weighted by atomic mass is 10.0. The largest absolute Gasteiger partial charge is 0.388 e. The summed E-state index contributed by atoms with van der Waals surface area (Å²) in [4.78, 5) is 12.9.